The summed E-state index contributed by atoms with van der Waals surface area (Å²) in [6.07, 6.45) is 6.40. The maximum Gasteiger partial charge on any atom is 0.116 e. The number of aromatic hydroxyl groups is 1. The van der Waals surface area contributed by atoms with E-state index in [0.29, 0.717) is 12.0 Å². The molecule has 0 aromatic heterocycles. The summed E-state index contributed by atoms with van der Waals surface area (Å²) in [7, 11) is 0. The summed E-state index contributed by atoms with van der Waals surface area (Å²) in [5.41, 5.74) is 3.69. The number of allylic oxidation sites excluding steroid dienone is 1. The molecule has 0 aliphatic heterocycles. The van der Waals surface area contributed by atoms with Crippen LogP contribution < -0.4 is 0 Å². The van der Waals surface area contributed by atoms with Crippen LogP contribution in [0.15, 0.2) is 53.6 Å². The van der Waals surface area contributed by atoms with Gasteiger partial charge in [0, 0.05) is 0 Å². The number of phenols is 1. The minimum Gasteiger partial charge on any atom is -0.508 e. The molecule has 0 heterocycles. The van der Waals surface area contributed by atoms with E-state index in [1.807, 2.05) is 19.1 Å². The van der Waals surface area contributed by atoms with Gasteiger partial charge in [0.05, 0.1) is 12.7 Å². The molecule has 0 aliphatic rings. The van der Waals surface area contributed by atoms with Crippen LogP contribution in [0.2, 0.25) is 0 Å². The highest BCUT2D eigenvalue weighted by Gasteiger charge is 2.12. The van der Waals surface area contributed by atoms with Crippen LogP contribution in [0.25, 0.3) is 6.08 Å². The lowest BCUT2D eigenvalue weighted by Gasteiger charge is -2.16. The van der Waals surface area contributed by atoms with Gasteiger partial charge in [-0.2, -0.15) is 0 Å². The van der Waals surface area contributed by atoms with Gasteiger partial charge in [0.15, 0.2) is 0 Å². The molecule has 3 N–H and O–H groups in total. The van der Waals surface area contributed by atoms with Gasteiger partial charge in [0.1, 0.15) is 5.75 Å². The van der Waals surface area contributed by atoms with E-state index in [1.165, 1.54) is 5.57 Å². The van der Waals surface area contributed by atoms with Gasteiger partial charge in [0.2, 0.25) is 0 Å². The Labute approximate surface area is 139 Å². The van der Waals surface area contributed by atoms with Crippen LogP contribution in [0.4, 0.5) is 0 Å². The fourth-order valence-electron chi connectivity index (χ4n) is 2.61. The molecule has 0 aliphatic carbocycles. The molecule has 23 heavy (non-hydrogen) atoms. The maximum atomic E-state index is 10.3. The Morgan fingerprint density at radius 3 is 2.61 bits per heavy atom. The van der Waals surface area contributed by atoms with Gasteiger partial charge in [-0.05, 0) is 49.5 Å². The number of aliphatic hydroxyl groups excluding tert-OH is 2. The molecule has 1 atom stereocenters. The third-order valence-corrected chi connectivity index (χ3v) is 3.71. The molecule has 1 aromatic rings. The monoisotopic (exact) mass is 316 g/mol. The highest BCUT2D eigenvalue weighted by Crippen LogP contribution is 2.23. The molecule has 1 unspecified atom stereocenters. The van der Waals surface area contributed by atoms with Gasteiger partial charge in [0.25, 0.3) is 0 Å². The van der Waals surface area contributed by atoms with Crippen molar-refractivity contribution in [2.45, 2.75) is 45.6 Å². The minimum absolute atomic E-state index is 0.0970. The molecule has 126 valence electrons. The van der Waals surface area contributed by atoms with E-state index in [9.17, 15) is 10.2 Å². The van der Waals surface area contributed by atoms with Crippen molar-refractivity contribution in [3.05, 3.63) is 59.2 Å². The predicted molar refractivity (Wildman–Crippen MR) is 96.2 cm³/mol. The second-order valence-electron chi connectivity index (χ2n) is 5.82. The summed E-state index contributed by atoms with van der Waals surface area (Å²) >= 11 is 0. The van der Waals surface area contributed by atoms with Gasteiger partial charge in [-0.25, -0.2) is 0 Å². The molecule has 1 rings (SSSR count). The zero-order valence-corrected chi connectivity index (χ0v) is 14.1. The molecule has 0 spiro atoms. The Kier molecular flexibility index (Phi) is 8.38. The van der Waals surface area contributed by atoms with Crippen molar-refractivity contribution in [1.29, 1.82) is 0 Å². The molecular formula is C20H28O3. The first-order chi connectivity index (χ1) is 11.0. The topological polar surface area (TPSA) is 60.7 Å². The van der Waals surface area contributed by atoms with Crippen LogP contribution in [0, 0.1) is 0 Å². The molecule has 3 heteroatoms. The molecule has 0 fully saturated rings. The van der Waals surface area contributed by atoms with Crippen LogP contribution >= 0.6 is 0 Å². The first-order valence-electron chi connectivity index (χ1n) is 8.11. The largest absolute Gasteiger partial charge is 0.508 e. The van der Waals surface area contributed by atoms with Crippen LogP contribution in [0.5, 0.6) is 5.75 Å². The van der Waals surface area contributed by atoms with Crippen LogP contribution in [-0.4, -0.2) is 28.0 Å². The van der Waals surface area contributed by atoms with Crippen LogP contribution in [-0.2, 0) is 0 Å². The lowest BCUT2D eigenvalue weighted by atomic mass is 9.94. The zero-order chi connectivity index (χ0) is 17.2. The van der Waals surface area contributed by atoms with Crippen molar-refractivity contribution in [3.63, 3.8) is 0 Å². The average Bonchev–Trinajstić information content (AvgIpc) is 2.50. The molecule has 0 saturated heterocycles. The van der Waals surface area contributed by atoms with Gasteiger partial charge < -0.3 is 15.3 Å². The van der Waals surface area contributed by atoms with E-state index in [2.05, 4.69) is 19.6 Å². The summed E-state index contributed by atoms with van der Waals surface area (Å²) in [4.78, 5) is 0. The predicted octanol–water partition coefficient (Wildman–Crippen LogP) is 4.21. The summed E-state index contributed by atoms with van der Waals surface area (Å²) in [5.74, 6) is 0.255. The summed E-state index contributed by atoms with van der Waals surface area (Å²) in [6.45, 7) is 7.71. The third-order valence-electron chi connectivity index (χ3n) is 3.71. The van der Waals surface area contributed by atoms with E-state index >= 15 is 0 Å². The van der Waals surface area contributed by atoms with Gasteiger partial charge >= 0.3 is 0 Å². The molecular weight excluding hydrogens is 288 g/mol. The molecule has 1 aromatic carbocycles. The molecule has 0 amide bonds. The second-order valence-corrected chi connectivity index (χ2v) is 5.82. The van der Waals surface area contributed by atoms with Crippen molar-refractivity contribution < 1.29 is 15.3 Å². The van der Waals surface area contributed by atoms with E-state index in [1.54, 1.807) is 18.2 Å². The highest BCUT2D eigenvalue weighted by atomic mass is 16.3. The molecule has 0 saturated carbocycles. The Hall–Kier alpha value is -1.84. The number of rotatable bonds is 9. The normalized spacial score (nSPS) is 13.9. The zero-order valence-electron chi connectivity index (χ0n) is 14.1. The van der Waals surface area contributed by atoms with Crippen molar-refractivity contribution in [2.24, 2.45) is 0 Å². The maximum absolute atomic E-state index is 10.3. The quantitative estimate of drug-likeness (QED) is 0.598. The number of phenolic OH excluding ortho intramolecular Hbond substituents is 1. The lowest BCUT2D eigenvalue weighted by Crippen LogP contribution is -2.12. The number of hydrogen-bond donors (Lipinski definition) is 3. The average molecular weight is 316 g/mol. The lowest BCUT2D eigenvalue weighted by molar-refractivity contribution is 0.201. The molecule has 3 nitrogen and oxygen atoms in total. The molecule has 0 radical (unpaired) electrons. The fourth-order valence-corrected chi connectivity index (χ4v) is 2.61. The summed E-state index contributed by atoms with van der Waals surface area (Å²) in [6, 6.07) is 7.16. The van der Waals surface area contributed by atoms with E-state index in [0.717, 1.165) is 30.4 Å². The molecule has 0 bridgehead atoms. The van der Waals surface area contributed by atoms with Gasteiger partial charge in [-0.3, -0.25) is 0 Å². The summed E-state index contributed by atoms with van der Waals surface area (Å²) < 4.78 is 0. The first kappa shape index (κ1) is 19.2. The number of benzene rings is 1. The van der Waals surface area contributed by atoms with E-state index in [-0.39, 0.29) is 12.4 Å². The second kappa shape index (κ2) is 10.0. The Morgan fingerprint density at radius 1 is 1.30 bits per heavy atom. The smallest absolute Gasteiger partial charge is 0.116 e. The van der Waals surface area contributed by atoms with Crippen LogP contribution in [0.3, 0.4) is 0 Å². The van der Waals surface area contributed by atoms with Crippen molar-refractivity contribution in [1.82, 2.24) is 0 Å². The van der Waals surface area contributed by atoms with Crippen molar-refractivity contribution >= 4 is 6.08 Å². The van der Waals surface area contributed by atoms with Gasteiger partial charge in [-0.1, -0.05) is 55.4 Å². The fraction of sp³-hybridized carbons (Fsp3) is 0.400. The Morgan fingerprint density at radius 2 is 2.04 bits per heavy atom. The first-order valence-corrected chi connectivity index (χ1v) is 8.11. The number of aliphatic hydroxyl groups is 2. The Bertz CT molecular complexity index is 570. The standard InChI is InChI=1S/C20H28O3/c1-4-6-16(13-17-7-5-8-18(22)14-17)9-10-20(23)19(11-12-21)15(2)3/h5,7-8,11,13-14,20-23H,2,4,6,9-10,12H2,1,3H3/b16-13+,19-11-. The number of hydrogen-bond acceptors (Lipinski definition) is 3. The van der Waals surface area contributed by atoms with Crippen LogP contribution in [0.1, 0.15) is 45.1 Å². The highest BCUT2D eigenvalue weighted by molar-refractivity contribution is 5.54. The summed E-state index contributed by atoms with van der Waals surface area (Å²) in [5, 5.41) is 28.9. The third kappa shape index (κ3) is 6.85. The SMILES string of the molecule is C=C(C)/C(=C/CO)C(O)CC/C(=C/c1cccc(O)c1)CCC. The van der Waals surface area contributed by atoms with E-state index < -0.39 is 6.10 Å². The minimum atomic E-state index is -0.621. The van der Waals surface area contributed by atoms with Crippen molar-refractivity contribution in [2.75, 3.05) is 6.61 Å². The van der Waals surface area contributed by atoms with Crippen molar-refractivity contribution in [3.8, 4) is 5.75 Å². The Balaban J connectivity index is 2.80. The van der Waals surface area contributed by atoms with Gasteiger partial charge in [-0.15, -0.1) is 0 Å². The van der Waals surface area contributed by atoms with E-state index in [4.69, 9.17) is 5.11 Å².